The monoisotopic (exact) mass is 470 g/mol. The average Bonchev–Trinajstić information content (AvgIpc) is 3.03. The van der Waals surface area contributed by atoms with E-state index in [2.05, 4.69) is 31.2 Å². The van der Waals surface area contributed by atoms with Crippen LogP contribution in [-0.2, 0) is 11.3 Å². The maximum absolute atomic E-state index is 12.3. The van der Waals surface area contributed by atoms with Gasteiger partial charge in [-0.05, 0) is 46.2 Å². The third-order valence-electron chi connectivity index (χ3n) is 3.66. The van der Waals surface area contributed by atoms with E-state index >= 15 is 0 Å². The molecule has 0 saturated carbocycles. The fourth-order valence-corrected chi connectivity index (χ4v) is 3.72. The van der Waals surface area contributed by atoms with Gasteiger partial charge in [-0.1, -0.05) is 30.3 Å². The number of nitrogens with one attached hydrogen (secondary N) is 2. The molecule has 0 aliphatic heterocycles. The standard InChI is InChI=1S/C20H15BrN4O3S/c1-12-7-17(26)25-20(24-12)29-19-16(21)9-15(28-19)8-14(10-22)18(27)23-11-13-5-3-2-4-6-13/h2-9H,11H2,1H3,(H,23,27)(H,24,25,26)/b14-8+. The van der Waals surface area contributed by atoms with Crippen LogP contribution in [0.3, 0.4) is 0 Å². The SMILES string of the molecule is Cc1cc(=O)[nH]c(Sc2oc(/C=C(\C#N)C(=O)NCc3ccccc3)cc2Br)n1. The zero-order valence-corrected chi connectivity index (χ0v) is 17.6. The van der Waals surface area contributed by atoms with Crippen LogP contribution in [0, 0.1) is 18.3 Å². The Hall–Kier alpha value is -3.09. The first-order valence-corrected chi connectivity index (χ1v) is 10.0. The molecule has 0 aliphatic rings. The van der Waals surface area contributed by atoms with Gasteiger partial charge in [-0.2, -0.15) is 5.26 Å². The van der Waals surface area contributed by atoms with E-state index in [4.69, 9.17) is 4.42 Å². The van der Waals surface area contributed by atoms with Gasteiger partial charge in [0.2, 0.25) is 0 Å². The summed E-state index contributed by atoms with van der Waals surface area (Å²) in [5, 5.41) is 12.9. The number of rotatable bonds is 6. The molecule has 3 rings (SSSR count). The maximum Gasteiger partial charge on any atom is 0.262 e. The summed E-state index contributed by atoms with van der Waals surface area (Å²) in [5.74, 6) is -0.177. The van der Waals surface area contributed by atoms with E-state index in [9.17, 15) is 14.9 Å². The van der Waals surface area contributed by atoms with Crippen molar-refractivity contribution in [3.05, 3.63) is 79.9 Å². The number of amides is 1. The highest BCUT2D eigenvalue weighted by atomic mass is 79.9. The van der Waals surface area contributed by atoms with Crippen molar-refractivity contribution in [1.82, 2.24) is 15.3 Å². The molecule has 1 aromatic carbocycles. The Bertz CT molecular complexity index is 1160. The van der Waals surface area contributed by atoms with E-state index in [1.165, 1.54) is 12.1 Å². The summed E-state index contributed by atoms with van der Waals surface area (Å²) in [7, 11) is 0. The molecule has 0 spiro atoms. The number of H-pyrrole nitrogens is 1. The number of hydrogen-bond donors (Lipinski definition) is 2. The van der Waals surface area contributed by atoms with Crippen molar-refractivity contribution in [2.45, 2.75) is 23.7 Å². The molecule has 0 saturated heterocycles. The lowest BCUT2D eigenvalue weighted by molar-refractivity contribution is -0.117. The molecular weight excluding hydrogens is 456 g/mol. The van der Waals surface area contributed by atoms with Crippen LogP contribution in [0.4, 0.5) is 0 Å². The van der Waals surface area contributed by atoms with Gasteiger partial charge in [0, 0.05) is 24.4 Å². The fourth-order valence-electron chi connectivity index (χ4n) is 2.36. The summed E-state index contributed by atoms with van der Waals surface area (Å²) in [6.07, 6.45) is 1.36. The van der Waals surface area contributed by atoms with E-state index < -0.39 is 5.91 Å². The number of benzene rings is 1. The Kier molecular flexibility index (Phi) is 6.69. The van der Waals surface area contributed by atoms with Gasteiger partial charge in [-0.25, -0.2) is 4.98 Å². The number of nitriles is 1. The van der Waals surface area contributed by atoms with Gasteiger partial charge in [0.15, 0.2) is 10.2 Å². The van der Waals surface area contributed by atoms with Gasteiger partial charge in [0.1, 0.15) is 17.4 Å². The molecule has 3 aromatic rings. The number of hydrogen-bond acceptors (Lipinski definition) is 6. The number of nitrogens with zero attached hydrogens (tertiary/aromatic N) is 2. The normalized spacial score (nSPS) is 11.1. The van der Waals surface area contributed by atoms with Crippen LogP contribution in [0.5, 0.6) is 0 Å². The van der Waals surface area contributed by atoms with E-state index in [-0.39, 0.29) is 11.1 Å². The van der Waals surface area contributed by atoms with E-state index in [1.807, 2.05) is 36.4 Å². The summed E-state index contributed by atoms with van der Waals surface area (Å²) in [6, 6.07) is 14.3. The first-order chi connectivity index (χ1) is 13.9. The van der Waals surface area contributed by atoms with Gasteiger partial charge < -0.3 is 14.7 Å². The van der Waals surface area contributed by atoms with Crippen molar-refractivity contribution in [3.63, 3.8) is 0 Å². The van der Waals surface area contributed by atoms with Crippen LogP contribution >= 0.6 is 27.7 Å². The summed E-state index contributed by atoms with van der Waals surface area (Å²) in [4.78, 5) is 30.7. The fraction of sp³-hybridized carbons (Fsp3) is 0.100. The third-order valence-corrected chi connectivity index (χ3v) is 5.39. The minimum absolute atomic E-state index is 0.0826. The molecule has 2 N–H and O–H groups in total. The molecule has 1 amide bonds. The number of furan rings is 1. The molecule has 0 fully saturated rings. The molecule has 9 heteroatoms. The van der Waals surface area contributed by atoms with E-state index in [0.29, 0.717) is 32.7 Å². The Morgan fingerprint density at radius 1 is 1.38 bits per heavy atom. The number of aryl methyl sites for hydroxylation is 1. The Balaban J connectivity index is 1.74. The highest BCUT2D eigenvalue weighted by Gasteiger charge is 2.14. The highest BCUT2D eigenvalue weighted by molar-refractivity contribution is 9.10. The Labute approximate surface area is 179 Å². The van der Waals surface area contributed by atoms with Crippen molar-refractivity contribution in [3.8, 4) is 6.07 Å². The first kappa shape index (κ1) is 20.6. The van der Waals surface area contributed by atoms with Crippen molar-refractivity contribution in [1.29, 1.82) is 5.26 Å². The van der Waals surface area contributed by atoms with Crippen molar-refractivity contribution < 1.29 is 9.21 Å². The molecule has 0 aliphatic carbocycles. The Morgan fingerprint density at radius 3 is 2.83 bits per heavy atom. The van der Waals surface area contributed by atoms with Gasteiger partial charge in [0.05, 0.1) is 4.47 Å². The van der Waals surface area contributed by atoms with Crippen molar-refractivity contribution in [2.24, 2.45) is 0 Å². The number of halogens is 1. The Morgan fingerprint density at radius 2 is 2.14 bits per heavy atom. The lowest BCUT2D eigenvalue weighted by Gasteiger charge is -2.03. The number of carbonyl (C=O) groups excluding carboxylic acids is 1. The van der Waals surface area contributed by atoms with Gasteiger partial charge >= 0.3 is 0 Å². The topological polar surface area (TPSA) is 112 Å². The summed E-state index contributed by atoms with van der Waals surface area (Å²) in [6.45, 7) is 2.03. The maximum atomic E-state index is 12.3. The molecular formula is C20H15BrN4O3S. The van der Waals surface area contributed by atoms with Crippen LogP contribution in [0.15, 0.2) is 72.0 Å². The van der Waals surface area contributed by atoms with Gasteiger partial charge in [0.25, 0.3) is 11.5 Å². The van der Waals surface area contributed by atoms with Crippen LogP contribution in [0.1, 0.15) is 17.0 Å². The summed E-state index contributed by atoms with van der Waals surface area (Å²) >= 11 is 4.50. The molecule has 2 heterocycles. The third kappa shape index (κ3) is 5.70. The minimum Gasteiger partial charge on any atom is -0.449 e. The molecule has 0 unspecified atom stereocenters. The van der Waals surface area contributed by atoms with Crippen LogP contribution < -0.4 is 10.9 Å². The lowest BCUT2D eigenvalue weighted by Crippen LogP contribution is -2.23. The molecule has 29 heavy (non-hydrogen) atoms. The minimum atomic E-state index is -0.497. The largest absolute Gasteiger partial charge is 0.449 e. The second-order valence-electron chi connectivity index (χ2n) is 5.92. The van der Waals surface area contributed by atoms with Crippen molar-refractivity contribution >= 4 is 39.7 Å². The first-order valence-electron chi connectivity index (χ1n) is 8.43. The van der Waals surface area contributed by atoms with Crippen LogP contribution in [0.25, 0.3) is 6.08 Å². The second-order valence-corrected chi connectivity index (χ2v) is 7.73. The average molecular weight is 471 g/mol. The molecule has 2 aromatic heterocycles. The number of aromatic nitrogens is 2. The highest BCUT2D eigenvalue weighted by Crippen LogP contribution is 2.34. The number of carbonyl (C=O) groups is 1. The molecule has 146 valence electrons. The zero-order valence-electron chi connectivity index (χ0n) is 15.2. The molecule has 0 bridgehead atoms. The van der Waals surface area contributed by atoms with Gasteiger partial charge in [-0.15, -0.1) is 0 Å². The van der Waals surface area contributed by atoms with E-state index in [0.717, 1.165) is 17.3 Å². The van der Waals surface area contributed by atoms with Crippen LogP contribution in [-0.4, -0.2) is 15.9 Å². The lowest BCUT2D eigenvalue weighted by atomic mass is 10.2. The van der Waals surface area contributed by atoms with Crippen molar-refractivity contribution in [2.75, 3.05) is 0 Å². The van der Waals surface area contributed by atoms with Gasteiger partial charge in [-0.3, -0.25) is 9.59 Å². The summed E-state index contributed by atoms with van der Waals surface area (Å²) in [5.41, 5.74) is 1.17. The van der Waals surface area contributed by atoms with Crippen LogP contribution in [0.2, 0.25) is 0 Å². The molecule has 0 atom stereocenters. The smallest absolute Gasteiger partial charge is 0.262 e. The second kappa shape index (κ2) is 9.41. The quantitative estimate of drug-likeness (QED) is 0.321. The predicted octanol–water partition coefficient (Wildman–Crippen LogP) is 3.81. The molecule has 7 nitrogen and oxygen atoms in total. The molecule has 0 radical (unpaired) electrons. The summed E-state index contributed by atoms with van der Waals surface area (Å²) < 4.78 is 6.30. The zero-order chi connectivity index (χ0) is 20.8. The van der Waals surface area contributed by atoms with E-state index in [1.54, 1.807) is 13.0 Å². The number of aromatic amines is 1. The predicted molar refractivity (Wildman–Crippen MR) is 112 cm³/mol.